The minimum absolute atomic E-state index is 0.105. The van der Waals surface area contributed by atoms with Crippen molar-refractivity contribution in [1.29, 1.82) is 0 Å². The molecule has 0 saturated heterocycles. The highest BCUT2D eigenvalue weighted by Crippen LogP contribution is 2.84. The van der Waals surface area contributed by atoms with Crippen LogP contribution in [0.15, 0.2) is 0 Å². The van der Waals surface area contributed by atoms with E-state index in [1.165, 1.54) is 0 Å². The van der Waals surface area contributed by atoms with Gasteiger partial charge >= 0.3 is 14.6 Å². The third-order valence-corrected chi connectivity index (χ3v) is 6.42. The lowest BCUT2D eigenvalue weighted by molar-refractivity contribution is -0.0966. The topological polar surface area (TPSA) is 35.5 Å². The monoisotopic (exact) mass is 285 g/mol. The van der Waals surface area contributed by atoms with Gasteiger partial charge in [0.25, 0.3) is 0 Å². The van der Waals surface area contributed by atoms with E-state index in [0.29, 0.717) is 0 Å². The molecule has 18 heavy (non-hydrogen) atoms. The normalized spacial score (nSPS) is 34.9. The Balaban J connectivity index is 1.96. The minimum Gasteiger partial charge on any atom is -0.449 e. The zero-order chi connectivity index (χ0) is 13.7. The van der Waals surface area contributed by atoms with E-state index in [1.807, 2.05) is 0 Å². The maximum atomic E-state index is 12.8. The maximum Gasteiger partial charge on any atom is 0.484 e. The summed E-state index contributed by atoms with van der Waals surface area (Å²) in [6.45, 7) is -0.866. The molecular weight excluding hydrogens is 267 g/mol. The first-order valence-corrected chi connectivity index (χ1v) is 8.00. The Kier molecular flexibility index (Phi) is 3.41. The zero-order valence-electron chi connectivity index (χ0n) is 10.6. The van der Waals surface area contributed by atoms with Gasteiger partial charge in [0.1, 0.15) is 0 Å². The molecule has 0 spiro atoms. The van der Waals surface area contributed by atoms with Crippen LogP contribution in [0.3, 0.4) is 0 Å². The average molecular weight is 285 g/mol. The van der Waals surface area contributed by atoms with Crippen molar-refractivity contribution in [2.24, 2.45) is 5.41 Å². The fourth-order valence-electron chi connectivity index (χ4n) is 3.53. The SMILES string of the molecule is CCOP(=O)(CC12CC([B-](F)(F)F)(C1)C2)OCC. The molecule has 0 unspecified atom stereocenters. The Labute approximate surface area is 105 Å². The molecule has 0 N–H and O–H groups in total. The molecule has 0 aromatic rings. The highest BCUT2D eigenvalue weighted by molar-refractivity contribution is 7.53. The van der Waals surface area contributed by atoms with Gasteiger partial charge in [-0.2, -0.15) is 0 Å². The van der Waals surface area contributed by atoms with Crippen LogP contribution >= 0.6 is 7.60 Å². The van der Waals surface area contributed by atoms with Crippen LogP contribution in [-0.2, 0) is 13.6 Å². The predicted molar refractivity (Wildman–Crippen MR) is 63.8 cm³/mol. The molecule has 3 nitrogen and oxygen atoms in total. The summed E-state index contributed by atoms with van der Waals surface area (Å²) in [5.41, 5.74) is -0.447. The Morgan fingerprint density at radius 1 is 1.11 bits per heavy atom. The van der Waals surface area contributed by atoms with Crippen LogP contribution in [-0.4, -0.2) is 26.4 Å². The summed E-state index contributed by atoms with van der Waals surface area (Å²) >= 11 is 0. The van der Waals surface area contributed by atoms with Crippen LogP contribution in [0, 0.1) is 5.41 Å². The highest BCUT2D eigenvalue weighted by Gasteiger charge is 2.74. The Hall–Kier alpha value is 0.00494. The van der Waals surface area contributed by atoms with Crippen molar-refractivity contribution in [1.82, 2.24) is 0 Å². The Morgan fingerprint density at radius 2 is 1.56 bits per heavy atom. The van der Waals surface area contributed by atoms with Crippen LogP contribution in [0.2, 0.25) is 5.31 Å². The van der Waals surface area contributed by atoms with Gasteiger partial charge < -0.3 is 22.0 Å². The van der Waals surface area contributed by atoms with Crippen LogP contribution < -0.4 is 0 Å². The second kappa shape index (κ2) is 4.25. The van der Waals surface area contributed by atoms with Crippen molar-refractivity contribution in [2.75, 3.05) is 19.4 Å². The summed E-state index contributed by atoms with van der Waals surface area (Å²) in [6.07, 6.45) is 0.449. The van der Waals surface area contributed by atoms with E-state index < -0.39 is 25.3 Å². The van der Waals surface area contributed by atoms with Crippen molar-refractivity contribution >= 4 is 14.6 Å². The van der Waals surface area contributed by atoms with Gasteiger partial charge in [-0.25, -0.2) is 0 Å². The smallest absolute Gasteiger partial charge is 0.449 e. The fraction of sp³-hybridized carbons (Fsp3) is 1.00. The van der Waals surface area contributed by atoms with Crippen molar-refractivity contribution in [3.05, 3.63) is 0 Å². The standard InChI is InChI=1S/C10H18BF3O3P/c1-3-16-18(15,17-4-2)8-9-5-10(6-9,7-9)11(12,13)14/h3-8H2,1-2H3/q-1. The highest BCUT2D eigenvalue weighted by atomic mass is 31.2. The molecule has 0 aliphatic heterocycles. The fourth-order valence-corrected chi connectivity index (χ4v) is 5.73. The molecule has 3 fully saturated rings. The van der Waals surface area contributed by atoms with E-state index in [9.17, 15) is 17.5 Å². The molecule has 3 rings (SSSR count). The lowest BCUT2D eigenvalue weighted by atomic mass is 9.24. The molecule has 0 heterocycles. The van der Waals surface area contributed by atoms with Gasteiger partial charge in [-0.15, -0.1) is 0 Å². The van der Waals surface area contributed by atoms with E-state index >= 15 is 0 Å². The van der Waals surface area contributed by atoms with Crippen molar-refractivity contribution in [3.63, 3.8) is 0 Å². The number of rotatable bonds is 7. The molecule has 106 valence electrons. The average Bonchev–Trinajstić information content (AvgIpc) is 2.07. The quantitative estimate of drug-likeness (QED) is 0.523. The first kappa shape index (κ1) is 14.4. The van der Waals surface area contributed by atoms with Crippen LogP contribution in [0.4, 0.5) is 12.9 Å². The zero-order valence-corrected chi connectivity index (χ0v) is 11.5. The van der Waals surface area contributed by atoms with Crippen molar-refractivity contribution < 1.29 is 26.6 Å². The minimum atomic E-state index is -4.77. The van der Waals surface area contributed by atoms with Gasteiger partial charge in [-0.3, -0.25) is 4.57 Å². The number of hydrogen-bond donors (Lipinski definition) is 0. The molecular formula is C10H18BF3O3P-. The molecule has 0 radical (unpaired) electrons. The van der Waals surface area contributed by atoms with Crippen LogP contribution in [0.25, 0.3) is 0 Å². The summed E-state index contributed by atoms with van der Waals surface area (Å²) in [5.74, 6) is 0. The Bertz CT molecular complexity index is 355. The van der Waals surface area contributed by atoms with Crippen LogP contribution in [0.1, 0.15) is 33.1 Å². The Morgan fingerprint density at radius 3 is 1.89 bits per heavy atom. The lowest BCUT2D eigenvalue weighted by Gasteiger charge is -2.75. The van der Waals surface area contributed by atoms with Gasteiger partial charge in [0, 0.05) is 0 Å². The van der Waals surface area contributed by atoms with Gasteiger partial charge in [0.2, 0.25) is 0 Å². The number of halogens is 3. The third kappa shape index (κ3) is 2.14. The largest absolute Gasteiger partial charge is 0.484 e. The number of hydrogen-bond acceptors (Lipinski definition) is 3. The molecule has 3 aliphatic rings. The summed E-state index contributed by atoms with van der Waals surface area (Å²) in [4.78, 5) is 0. The van der Waals surface area contributed by atoms with Gasteiger partial charge in [-0.1, -0.05) is 24.6 Å². The van der Waals surface area contributed by atoms with E-state index in [2.05, 4.69) is 0 Å². The molecule has 3 aliphatic carbocycles. The molecule has 2 bridgehead atoms. The summed E-state index contributed by atoms with van der Waals surface area (Å²) < 4.78 is 60.8. The molecule has 0 atom stereocenters. The van der Waals surface area contributed by atoms with Crippen molar-refractivity contribution in [3.8, 4) is 0 Å². The third-order valence-electron chi connectivity index (χ3n) is 4.06. The molecule has 8 heteroatoms. The summed E-state index contributed by atoms with van der Waals surface area (Å²) in [5, 5.41) is -1.44. The lowest BCUT2D eigenvalue weighted by Crippen LogP contribution is -2.66. The van der Waals surface area contributed by atoms with E-state index in [4.69, 9.17) is 9.05 Å². The van der Waals surface area contributed by atoms with Gasteiger partial charge in [-0.05, 0) is 19.3 Å². The first-order chi connectivity index (χ1) is 8.20. The summed E-state index contributed by atoms with van der Waals surface area (Å²) in [6, 6.07) is 0. The van der Waals surface area contributed by atoms with E-state index in [0.717, 1.165) is 0 Å². The molecule has 0 amide bonds. The second-order valence-corrected chi connectivity index (χ2v) is 7.63. The maximum absolute atomic E-state index is 12.8. The van der Waals surface area contributed by atoms with E-state index in [-0.39, 0.29) is 38.6 Å². The predicted octanol–water partition coefficient (Wildman–Crippen LogP) is 4.02. The van der Waals surface area contributed by atoms with Crippen LogP contribution in [0.5, 0.6) is 0 Å². The van der Waals surface area contributed by atoms with E-state index in [1.54, 1.807) is 13.8 Å². The molecule has 0 aromatic heterocycles. The van der Waals surface area contributed by atoms with Gasteiger partial charge in [0.05, 0.1) is 19.4 Å². The summed E-state index contributed by atoms with van der Waals surface area (Å²) in [7, 11) is -3.21. The first-order valence-electron chi connectivity index (χ1n) is 6.27. The second-order valence-electron chi connectivity index (χ2n) is 5.57. The van der Waals surface area contributed by atoms with Gasteiger partial charge in [0.15, 0.2) is 0 Å². The molecule has 0 aromatic carbocycles. The molecule has 3 saturated carbocycles. The van der Waals surface area contributed by atoms with Crippen molar-refractivity contribution in [2.45, 2.75) is 38.4 Å².